The van der Waals surface area contributed by atoms with Gasteiger partial charge in [0.15, 0.2) is 0 Å². The van der Waals surface area contributed by atoms with E-state index < -0.39 is 0 Å². The number of esters is 1. The molecule has 1 unspecified atom stereocenters. The Morgan fingerprint density at radius 3 is 2.49 bits per heavy atom. The molecule has 0 saturated heterocycles. The largest absolute Gasteiger partial charge is 0.462 e. The number of carbonyl (C=O) groups is 1. The molecule has 0 aliphatic heterocycles. The lowest BCUT2D eigenvalue weighted by Crippen LogP contribution is -2.51. The second-order valence-corrected chi connectivity index (χ2v) is 14.8. The van der Waals surface area contributed by atoms with E-state index in [1.54, 1.807) is 5.57 Å². The third-order valence-electron chi connectivity index (χ3n) is 12.0. The number of carbonyl (C=O) groups excluding carboxylic acids is 1. The minimum atomic E-state index is 0.0485. The fourth-order valence-corrected chi connectivity index (χ4v) is 9.87. The molecule has 0 aromatic heterocycles. The molecule has 0 spiro atoms. The molecular weight excluding hydrogens is 452 g/mol. The Morgan fingerprint density at radius 2 is 1.73 bits per heavy atom. The van der Waals surface area contributed by atoms with Gasteiger partial charge >= 0.3 is 5.97 Å². The molecule has 3 fully saturated rings. The van der Waals surface area contributed by atoms with Crippen LogP contribution in [0.5, 0.6) is 0 Å². The van der Waals surface area contributed by atoms with E-state index in [-0.39, 0.29) is 12.1 Å². The molecule has 37 heavy (non-hydrogen) atoms. The highest BCUT2D eigenvalue weighted by molar-refractivity contribution is 5.69. The number of ether oxygens (including phenoxy) is 1. The fraction of sp³-hybridized carbons (Fsp3) is 0.914. The summed E-state index contributed by atoms with van der Waals surface area (Å²) in [6.07, 6.45) is 23.9. The summed E-state index contributed by atoms with van der Waals surface area (Å²) in [6.45, 7) is 14.9. The van der Waals surface area contributed by atoms with E-state index >= 15 is 0 Å². The van der Waals surface area contributed by atoms with Gasteiger partial charge in [0.05, 0.1) is 0 Å². The summed E-state index contributed by atoms with van der Waals surface area (Å²) >= 11 is 0. The quantitative estimate of drug-likeness (QED) is 0.148. The Bertz CT molecular complexity index is 782. The van der Waals surface area contributed by atoms with Gasteiger partial charge in [0.2, 0.25) is 0 Å². The summed E-state index contributed by atoms with van der Waals surface area (Å²) in [5.74, 6) is 5.34. The van der Waals surface area contributed by atoms with Crippen molar-refractivity contribution in [3.05, 3.63) is 11.6 Å². The minimum absolute atomic E-state index is 0.0485. The molecule has 4 aliphatic rings. The van der Waals surface area contributed by atoms with Crippen LogP contribution in [0, 0.1) is 46.3 Å². The van der Waals surface area contributed by atoms with Crippen LogP contribution in [0.3, 0.4) is 0 Å². The molecule has 212 valence electrons. The third kappa shape index (κ3) is 6.35. The normalized spacial score (nSPS) is 37.9. The van der Waals surface area contributed by atoms with Crippen molar-refractivity contribution < 1.29 is 9.53 Å². The maximum Gasteiger partial charge on any atom is 0.306 e. The van der Waals surface area contributed by atoms with Crippen molar-refractivity contribution in [1.29, 1.82) is 0 Å². The lowest BCUT2D eigenvalue weighted by atomic mass is 9.47. The molecule has 0 radical (unpaired) electrons. The van der Waals surface area contributed by atoms with Gasteiger partial charge in [-0.15, -0.1) is 0 Å². The number of allylic oxidation sites excluding steroid dienone is 1. The van der Waals surface area contributed by atoms with E-state index in [4.69, 9.17) is 4.74 Å². The first-order chi connectivity index (χ1) is 17.7. The third-order valence-corrected chi connectivity index (χ3v) is 12.0. The molecule has 4 aliphatic carbocycles. The highest BCUT2D eigenvalue weighted by Gasteiger charge is 2.59. The first-order valence-electron chi connectivity index (χ1n) is 16.6. The van der Waals surface area contributed by atoms with Crippen LogP contribution in [0.1, 0.15) is 151 Å². The zero-order chi connectivity index (χ0) is 26.6. The van der Waals surface area contributed by atoms with Gasteiger partial charge in [-0.1, -0.05) is 98.1 Å². The van der Waals surface area contributed by atoms with Crippen molar-refractivity contribution in [3.63, 3.8) is 0 Å². The first-order valence-corrected chi connectivity index (χ1v) is 16.6. The summed E-state index contributed by atoms with van der Waals surface area (Å²) in [7, 11) is 0. The molecule has 2 nitrogen and oxygen atoms in total. The van der Waals surface area contributed by atoms with Crippen LogP contribution in [0.4, 0.5) is 0 Å². The van der Waals surface area contributed by atoms with Crippen LogP contribution in [0.15, 0.2) is 11.6 Å². The molecule has 0 bridgehead atoms. The Hall–Kier alpha value is -0.790. The molecule has 2 heteroatoms. The highest BCUT2D eigenvalue weighted by atomic mass is 16.5. The standard InChI is InChI=1S/C35H60O2/c1-7-8-9-10-11-15-33(36)37-28-20-22-34(5)27(24-28)16-17-29-31-19-18-30(26(4)14-12-13-25(2)3)35(31,6)23-21-32(29)34/h16,25-26,28-32H,7-15,17-24H2,1-6H3/t26-,28?,29+,30-,31+,32+,34+,35-/m1/s1. The number of hydrogen-bond acceptors (Lipinski definition) is 2. The number of fused-ring (bicyclic) bond motifs is 5. The molecular formula is C35H60O2. The highest BCUT2D eigenvalue weighted by Crippen LogP contribution is 2.67. The van der Waals surface area contributed by atoms with Gasteiger partial charge in [-0.3, -0.25) is 4.79 Å². The van der Waals surface area contributed by atoms with Gasteiger partial charge in [0.1, 0.15) is 6.10 Å². The van der Waals surface area contributed by atoms with E-state index in [0.717, 1.165) is 61.2 Å². The van der Waals surface area contributed by atoms with Crippen LogP contribution in [0.25, 0.3) is 0 Å². The zero-order valence-electron chi connectivity index (χ0n) is 25.5. The van der Waals surface area contributed by atoms with Crippen molar-refractivity contribution in [2.24, 2.45) is 46.3 Å². The zero-order valence-corrected chi connectivity index (χ0v) is 25.5. The molecule has 0 amide bonds. The van der Waals surface area contributed by atoms with Crippen molar-refractivity contribution in [3.8, 4) is 0 Å². The van der Waals surface area contributed by atoms with Gasteiger partial charge in [-0.05, 0) is 97.7 Å². The predicted molar refractivity (Wildman–Crippen MR) is 156 cm³/mol. The first kappa shape index (κ1) is 29.2. The van der Waals surface area contributed by atoms with Gasteiger partial charge in [0.25, 0.3) is 0 Å². The van der Waals surface area contributed by atoms with Crippen molar-refractivity contribution >= 4 is 5.97 Å². The van der Waals surface area contributed by atoms with Gasteiger partial charge in [-0.25, -0.2) is 0 Å². The second-order valence-electron chi connectivity index (χ2n) is 14.8. The summed E-state index contributed by atoms with van der Waals surface area (Å²) in [6, 6.07) is 0. The van der Waals surface area contributed by atoms with Crippen molar-refractivity contribution in [2.75, 3.05) is 0 Å². The summed E-state index contributed by atoms with van der Waals surface area (Å²) < 4.78 is 6.02. The Balaban J connectivity index is 1.34. The number of hydrogen-bond donors (Lipinski definition) is 0. The van der Waals surface area contributed by atoms with Crippen molar-refractivity contribution in [1.82, 2.24) is 0 Å². The number of unbranched alkanes of at least 4 members (excludes halogenated alkanes) is 4. The predicted octanol–water partition coefficient (Wildman–Crippen LogP) is 10.3. The van der Waals surface area contributed by atoms with Crippen molar-refractivity contribution in [2.45, 2.75) is 157 Å². The SMILES string of the molecule is CCCCCCCC(=O)OC1CC[C@@]2(C)C(=CC[C@H]3[C@@H]4CC[C@H]([C@H](C)CCCC(C)C)[C@@]4(C)CC[C@@H]32)C1. The van der Waals surface area contributed by atoms with E-state index in [1.807, 2.05) is 0 Å². The Kier molecular flexibility index (Phi) is 9.94. The topological polar surface area (TPSA) is 26.3 Å². The Labute approximate surface area is 230 Å². The van der Waals surface area contributed by atoms with E-state index in [1.165, 1.54) is 77.0 Å². The maximum atomic E-state index is 12.5. The van der Waals surface area contributed by atoms with E-state index in [9.17, 15) is 4.79 Å². The second kappa shape index (κ2) is 12.6. The monoisotopic (exact) mass is 512 g/mol. The molecule has 0 N–H and O–H groups in total. The molecule has 0 heterocycles. The van der Waals surface area contributed by atoms with E-state index in [2.05, 4.69) is 47.6 Å². The number of rotatable bonds is 12. The van der Waals surface area contributed by atoms with Gasteiger partial charge in [0, 0.05) is 12.8 Å². The fourth-order valence-electron chi connectivity index (χ4n) is 9.87. The molecule has 0 aromatic rings. The van der Waals surface area contributed by atoms with Gasteiger partial charge < -0.3 is 4.74 Å². The van der Waals surface area contributed by atoms with Crippen LogP contribution < -0.4 is 0 Å². The van der Waals surface area contributed by atoms with Crippen LogP contribution in [-0.4, -0.2) is 12.1 Å². The van der Waals surface area contributed by atoms with Crippen LogP contribution in [0.2, 0.25) is 0 Å². The molecule has 0 aromatic carbocycles. The average Bonchev–Trinajstić information content (AvgIpc) is 3.21. The Morgan fingerprint density at radius 1 is 0.946 bits per heavy atom. The average molecular weight is 513 g/mol. The van der Waals surface area contributed by atoms with E-state index in [0.29, 0.717) is 17.3 Å². The maximum absolute atomic E-state index is 12.5. The summed E-state index contributed by atoms with van der Waals surface area (Å²) in [4.78, 5) is 12.5. The summed E-state index contributed by atoms with van der Waals surface area (Å²) in [5, 5.41) is 0. The smallest absolute Gasteiger partial charge is 0.306 e. The molecule has 8 atom stereocenters. The molecule has 4 rings (SSSR count). The van der Waals surface area contributed by atoms with Crippen LogP contribution >= 0.6 is 0 Å². The lowest BCUT2D eigenvalue weighted by Gasteiger charge is -2.58. The lowest BCUT2D eigenvalue weighted by molar-refractivity contribution is -0.151. The minimum Gasteiger partial charge on any atom is -0.462 e. The molecule has 3 saturated carbocycles. The summed E-state index contributed by atoms with van der Waals surface area (Å²) in [5.41, 5.74) is 2.54. The van der Waals surface area contributed by atoms with Crippen LogP contribution in [-0.2, 0) is 9.53 Å². The van der Waals surface area contributed by atoms with Gasteiger partial charge in [-0.2, -0.15) is 0 Å².